The molecule has 3 N–H and O–H groups in total. The molecule has 1 atom stereocenters. The van der Waals surface area contributed by atoms with Crippen molar-refractivity contribution < 1.29 is 0 Å². The molecule has 0 spiro atoms. The van der Waals surface area contributed by atoms with E-state index in [9.17, 15) is 0 Å². The van der Waals surface area contributed by atoms with Gasteiger partial charge in [-0.3, -0.25) is 11.3 Å². The highest BCUT2D eigenvalue weighted by atomic mass is 35.5. The molecule has 6 heteroatoms. The number of nitrogens with zero attached hydrogens (tertiary/aromatic N) is 2. The van der Waals surface area contributed by atoms with E-state index in [0.717, 1.165) is 11.3 Å². The molecule has 1 unspecified atom stereocenters. The van der Waals surface area contributed by atoms with Crippen LogP contribution in [0.2, 0.25) is 10.0 Å². The summed E-state index contributed by atoms with van der Waals surface area (Å²) in [6.07, 6.45) is 2.31. The first-order valence-electron chi connectivity index (χ1n) is 5.79. The Balaban J connectivity index is 2.26. The van der Waals surface area contributed by atoms with Gasteiger partial charge in [-0.25, -0.2) is 9.97 Å². The van der Waals surface area contributed by atoms with Crippen molar-refractivity contribution >= 4 is 23.2 Å². The molecule has 1 heterocycles. The van der Waals surface area contributed by atoms with Crippen molar-refractivity contribution in [3.63, 3.8) is 0 Å². The Bertz CT molecular complexity index is 574. The number of aryl methyl sites for hydroxylation is 1. The molecule has 0 aliphatic rings. The van der Waals surface area contributed by atoms with Crippen LogP contribution in [0.1, 0.15) is 23.1 Å². The maximum Gasteiger partial charge on any atom is 0.125 e. The van der Waals surface area contributed by atoms with E-state index in [0.29, 0.717) is 22.3 Å². The normalized spacial score (nSPS) is 12.4. The van der Waals surface area contributed by atoms with Gasteiger partial charge in [0, 0.05) is 16.2 Å². The van der Waals surface area contributed by atoms with Gasteiger partial charge in [0.15, 0.2) is 0 Å². The number of aromatic nitrogens is 2. The SMILES string of the molecule is Cc1nccc(C(Cc2cc(Cl)ccc2Cl)NN)n1. The second kappa shape index (κ2) is 6.30. The molecule has 0 fully saturated rings. The number of hydrazine groups is 1. The van der Waals surface area contributed by atoms with Crippen LogP contribution in [0.5, 0.6) is 0 Å². The van der Waals surface area contributed by atoms with Crippen LogP contribution < -0.4 is 11.3 Å². The van der Waals surface area contributed by atoms with Crippen LogP contribution in [0, 0.1) is 6.92 Å². The highest BCUT2D eigenvalue weighted by Gasteiger charge is 2.14. The van der Waals surface area contributed by atoms with Gasteiger partial charge in [0.25, 0.3) is 0 Å². The molecule has 2 rings (SSSR count). The van der Waals surface area contributed by atoms with Crippen molar-refractivity contribution in [3.05, 3.63) is 57.6 Å². The monoisotopic (exact) mass is 296 g/mol. The second-order valence-corrected chi connectivity index (χ2v) is 5.03. The van der Waals surface area contributed by atoms with E-state index in [-0.39, 0.29) is 6.04 Å². The van der Waals surface area contributed by atoms with Crippen molar-refractivity contribution in [1.29, 1.82) is 0 Å². The highest BCUT2D eigenvalue weighted by molar-refractivity contribution is 6.33. The number of rotatable bonds is 4. The summed E-state index contributed by atoms with van der Waals surface area (Å²) in [5.41, 5.74) is 4.50. The molecule has 1 aromatic carbocycles. The number of benzene rings is 1. The fourth-order valence-electron chi connectivity index (χ4n) is 1.84. The lowest BCUT2D eigenvalue weighted by atomic mass is 10.0. The molecule has 0 saturated carbocycles. The maximum absolute atomic E-state index is 6.16. The largest absolute Gasteiger partial charge is 0.271 e. The first-order valence-corrected chi connectivity index (χ1v) is 6.55. The van der Waals surface area contributed by atoms with Gasteiger partial charge in [0.05, 0.1) is 11.7 Å². The van der Waals surface area contributed by atoms with Crippen LogP contribution in [0.25, 0.3) is 0 Å². The average molecular weight is 297 g/mol. The van der Waals surface area contributed by atoms with E-state index in [2.05, 4.69) is 15.4 Å². The van der Waals surface area contributed by atoms with E-state index in [1.807, 2.05) is 19.1 Å². The summed E-state index contributed by atoms with van der Waals surface area (Å²) in [6, 6.07) is 7.06. The number of nitrogens with two attached hydrogens (primary N) is 1. The Hall–Kier alpha value is -1.20. The number of hydrogen-bond donors (Lipinski definition) is 2. The lowest BCUT2D eigenvalue weighted by Crippen LogP contribution is -2.30. The van der Waals surface area contributed by atoms with Gasteiger partial charge < -0.3 is 0 Å². The first kappa shape index (κ1) is 14.2. The van der Waals surface area contributed by atoms with E-state index in [1.54, 1.807) is 18.3 Å². The van der Waals surface area contributed by atoms with Gasteiger partial charge in [0.2, 0.25) is 0 Å². The second-order valence-electron chi connectivity index (χ2n) is 4.19. The predicted molar refractivity (Wildman–Crippen MR) is 77.0 cm³/mol. The van der Waals surface area contributed by atoms with Crippen LogP contribution in [0.4, 0.5) is 0 Å². The molecule has 0 aliphatic carbocycles. The Morgan fingerprint density at radius 3 is 2.79 bits per heavy atom. The van der Waals surface area contributed by atoms with Crippen molar-refractivity contribution in [2.24, 2.45) is 5.84 Å². The molecule has 4 nitrogen and oxygen atoms in total. The molecular weight excluding hydrogens is 283 g/mol. The average Bonchev–Trinajstić information content (AvgIpc) is 2.39. The molecule has 2 aromatic rings. The van der Waals surface area contributed by atoms with Crippen molar-refractivity contribution in [3.8, 4) is 0 Å². The third-order valence-corrected chi connectivity index (χ3v) is 3.39. The van der Waals surface area contributed by atoms with Crippen LogP contribution in [0.3, 0.4) is 0 Å². The lowest BCUT2D eigenvalue weighted by Gasteiger charge is -2.16. The zero-order chi connectivity index (χ0) is 13.8. The molecular formula is C13H14Cl2N4. The van der Waals surface area contributed by atoms with Crippen molar-refractivity contribution in [2.75, 3.05) is 0 Å². The zero-order valence-corrected chi connectivity index (χ0v) is 11.9. The van der Waals surface area contributed by atoms with Crippen molar-refractivity contribution in [1.82, 2.24) is 15.4 Å². The van der Waals surface area contributed by atoms with Gasteiger partial charge in [-0.05, 0) is 43.2 Å². The summed E-state index contributed by atoms with van der Waals surface area (Å²) in [5.74, 6) is 6.31. The molecule has 0 radical (unpaired) electrons. The topological polar surface area (TPSA) is 63.8 Å². The smallest absolute Gasteiger partial charge is 0.125 e. The number of halogens is 2. The quantitative estimate of drug-likeness (QED) is 0.673. The zero-order valence-electron chi connectivity index (χ0n) is 10.4. The standard InChI is InChI=1S/C13H14Cl2N4/c1-8-17-5-4-12(18-8)13(19-16)7-9-6-10(14)2-3-11(9)15/h2-6,13,19H,7,16H2,1H3. The highest BCUT2D eigenvalue weighted by Crippen LogP contribution is 2.25. The van der Waals surface area contributed by atoms with Gasteiger partial charge in [0.1, 0.15) is 5.82 Å². The Morgan fingerprint density at radius 1 is 1.32 bits per heavy atom. The fourth-order valence-corrected chi connectivity index (χ4v) is 2.23. The molecule has 0 aliphatic heterocycles. The van der Waals surface area contributed by atoms with Gasteiger partial charge in [-0.1, -0.05) is 23.2 Å². The van der Waals surface area contributed by atoms with Crippen LogP contribution >= 0.6 is 23.2 Å². The minimum absolute atomic E-state index is 0.141. The summed E-state index contributed by atoms with van der Waals surface area (Å²) in [5, 5.41) is 1.31. The van der Waals surface area contributed by atoms with Gasteiger partial charge >= 0.3 is 0 Å². The van der Waals surface area contributed by atoms with Crippen LogP contribution in [-0.4, -0.2) is 9.97 Å². The minimum atomic E-state index is -0.141. The Labute approximate surface area is 121 Å². The fraction of sp³-hybridized carbons (Fsp3) is 0.231. The van der Waals surface area contributed by atoms with Gasteiger partial charge in [-0.2, -0.15) is 0 Å². The minimum Gasteiger partial charge on any atom is -0.271 e. The third-order valence-electron chi connectivity index (χ3n) is 2.79. The molecule has 100 valence electrons. The predicted octanol–water partition coefficient (Wildman–Crippen LogP) is 2.84. The van der Waals surface area contributed by atoms with Crippen molar-refractivity contribution in [2.45, 2.75) is 19.4 Å². The van der Waals surface area contributed by atoms with E-state index >= 15 is 0 Å². The lowest BCUT2D eigenvalue weighted by molar-refractivity contribution is 0.535. The number of hydrogen-bond acceptors (Lipinski definition) is 4. The van der Waals surface area contributed by atoms with Crippen LogP contribution in [-0.2, 0) is 6.42 Å². The van der Waals surface area contributed by atoms with E-state index in [1.165, 1.54) is 0 Å². The Kier molecular flexibility index (Phi) is 4.71. The first-order chi connectivity index (χ1) is 9.10. The summed E-state index contributed by atoms with van der Waals surface area (Å²) in [6.45, 7) is 1.84. The maximum atomic E-state index is 6.16. The molecule has 0 saturated heterocycles. The molecule has 1 aromatic heterocycles. The summed E-state index contributed by atoms with van der Waals surface area (Å²) in [4.78, 5) is 8.43. The molecule has 0 amide bonds. The number of nitrogens with one attached hydrogen (secondary N) is 1. The summed E-state index contributed by atoms with van der Waals surface area (Å²) < 4.78 is 0. The summed E-state index contributed by atoms with van der Waals surface area (Å²) >= 11 is 12.1. The van der Waals surface area contributed by atoms with E-state index in [4.69, 9.17) is 29.0 Å². The Morgan fingerprint density at radius 2 is 2.11 bits per heavy atom. The molecule has 0 bridgehead atoms. The molecule has 19 heavy (non-hydrogen) atoms. The summed E-state index contributed by atoms with van der Waals surface area (Å²) in [7, 11) is 0. The third kappa shape index (κ3) is 3.64. The van der Waals surface area contributed by atoms with Gasteiger partial charge in [-0.15, -0.1) is 0 Å². The van der Waals surface area contributed by atoms with E-state index < -0.39 is 0 Å². The van der Waals surface area contributed by atoms with Crippen LogP contribution in [0.15, 0.2) is 30.5 Å².